The molecule has 0 saturated carbocycles. The van der Waals surface area contributed by atoms with E-state index in [1.54, 1.807) is 0 Å². The molecular formula is C50H38N2Si. The summed E-state index contributed by atoms with van der Waals surface area (Å²) in [7, 11) is -2.53. The highest BCUT2D eigenvalue weighted by molar-refractivity contribution is 7.15. The Morgan fingerprint density at radius 1 is 0.377 bits per heavy atom. The summed E-state index contributed by atoms with van der Waals surface area (Å²) < 4.78 is 2.40. The monoisotopic (exact) mass is 694 g/mol. The predicted octanol–water partition coefficient (Wildman–Crippen LogP) is 11.0. The van der Waals surface area contributed by atoms with Crippen LogP contribution in [0, 0.1) is 0 Å². The highest BCUT2D eigenvalue weighted by atomic mass is 28.3. The summed E-state index contributed by atoms with van der Waals surface area (Å²) in [6.07, 6.45) is 2.36. The summed E-state index contributed by atoms with van der Waals surface area (Å²) in [5, 5.41) is 6.59. The number of hydrogen-bond donors (Lipinski definition) is 0. The van der Waals surface area contributed by atoms with Crippen molar-refractivity contribution < 1.29 is 0 Å². The minimum Gasteiger partial charge on any atom is -0.311 e. The lowest BCUT2D eigenvalue weighted by molar-refractivity contribution is 1.17. The molecule has 0 N–H and O–H groups in total. The standard InChI is InChI=1S/C50H38N2Si/c1-6-18-40(19-7-1)51(41-20-8-2-9-21-41)42-31-33-43(34-32-42)52-49-29-17-16-28-47(49)48-38-39(30-35-50(48)52)36-37-53(44-22-10-3-11-23-44,45-24-12-4-13-25-45)46-26-14-5-15-27-46/h1-38H. The van der Waals surface area contributed by atoms with E-state index in [1.807, 2.05) is 0 Å². The maximum Gasteiger partial charge on any atom is 0.172 e. The third kappa shape index (κ3) is 5.97. The van der Waals surface area contributed by atoms with Gasteiger partial charge in [-0.15, -0.1) is 0 Å². The molecule has 1 heterocycles. The highest BCUT2D eigenvalue weighted by Gasteiger charge is 2.36. The Balaban J connectivity index is 1.15. The molecule has 0 unspecified atom stereocenters. The molecule has 0 aliphatic carbocycles. The van der Waals surface area contributed by atoms with Crippen LogP contribution in [0.5, 0.6) is 0 Å². The molecule has 252 valence electrons. The van der Waals surface area contributed by atoms with Crippen LogP contribution in [0.1, 0.15) is 5.56 Å². The molecule has 0 radical (unpaired) electrons. The van der Waals surface area contributed by atoms with Crippen molar-refractivity contribution in [2.45, 2.75) is 0 Å². The quantitative estimate of drug-likeness (QED) is 0.108. The molecule has 0 aliphatic heterocycles. The summed E-state index contributed by atoms with van der Waals surface area (Å²) in [4.78, 5) is 2.30. The second-order valence-electron chi connectivity index (χ2n) is 13.4. The largest absolute Gasteiger partial charge is 0.311 e. The Labute approximate surface area is 312 Å². The fourth-order valence-corrected chi connectivity index (χ4v) is 12.0. The molecular weight excluding hydrogens is 657 g/mol. The van der Waals surface area contributed by atoms with Gasteiger partial charge in [0.05, 0.1) is 11.0 Å². The van der Waals surface area contributed by atoms with Crippen LogP contribution < -0.4 is 20.5 Å². The number of anilines is 3. The zero-order chi connectivity index (χ0) is 35.5. The number of aromatic nitrogens is 1. The van der Waals surface area contributed by atoms with E-state index in [2.05, 4.69) is 240 Å². The molecule has 0 aliphatic rings. The Hall–Kier alpha value is -6.68. The van der Waals surface area contributed by atoms with Gasteiger partial charge in [0.25, 0.3) is 0 Å². The van der Waals surface area contributed by atoms with Crippen LogP contribution >= 0.6 is 0 Å². The minimum atomic E-state index is -2.53. The van der Waals surface area contributed by atoms with Crippen LogP contribution in [-0.2, 0) is 0 Å². The van der Waals surface area contributed by atoms with Crippen LogP contribution in [0.2, 0.25) is 0 Å². The third-order valence-corrected chi connectivity index (χ3v) is 14.7. The van der Waals surface area contributed by atoms with Gasteiger partial charge < -0.3 is 9.47 Å². The third-order valence-electron chi connectivity index (χ3n) is 10.3. The van der Waals surface area contributed by atoms with Crippen molar-refractivity contribution in [1.82, 2.24) is 4.57 Å². The van der Waals surface area contributed by atoms with Gasteiger partial charge in [0.2, 0.25) is 0 Å². The summed E-state index contributed by atoms with van der Waals surface area (Å²) >= 11 is 0. The fraction of sp³-hybridized carbons (Fsp3) is 0. The second kappa shape index (κ2) is 14.1. The second-order valence-corrected chi connectivity index (χ2v) is 17.1. The Morgan fingerprint density at radius 3 is 1.34 bits per heavy atom. The number of para-hydroxylation sites is 3. The molecule has 53 heavy (non-hydrogen) atoms. The lowest BCUT2D eigenvalue weighted by Crippen LogP contribution is -2.66. The van der Waals surface area contributed by atoms with E-state index in [0.29, 0.717) is 0 Å². The van der Waals surface area contributed by atoms with Crippen molar-refractivity contribution in [3.05, 3.63) is 230 Å². The van der Waals surface area contributed by atoms with Gasteiger partial charge in [0, 0.05) is 33.5 Å². The summed E-state index contributed by atoms with van der Waals surface area (Å²) in [6, 6.07) is 79.0. The van der Waals surface area contributed by atoms with Gasteiger partial charge in [-0.3, -0.25) is 0 Å². The number of benzene rings is 8. The molecule has 0 atom stereocenters. The zero-order valence-electron chi connectivity index (χ0n) is 29.3. The van der Waals surface area contributed by atoms with Crippen molar-refractivity contribution in [2.75, 3.05) is 4.90 Å². The topological polar surface area (TPSA) is 8.17 Å². The van der Waals surface area contributed by atoms with Crippen LogP contribution in [0.3, 0.4) is 0 Å². The maximum atomic E-state index is 2.53. The molecule has 0 fully saturated rings. The molecule has 0 spiro atoms. The zero-order valence-corrected chi connectivity index (χ0v) is 30.3. The van der Waals surface area contributed by atoms with Crippen molar-refractivity contribution in [3.8, 4) is 5.69 Å². The van der Waals surface area contributed by atoms with E-state index in [4.69, 9.17) is 0 Å². The van der Waals surface area contributed by atoms with Gasteiger partial charge in [-0.1, -0.05) is 163 Å². The van der Waals surface area contributed by atoms with Crippen LogP contribution in [-0.4, -0.2) is 12.6 Å². The summed E-state index contributed by atoms with van der Waals surface area (Å²) in [5.74, 6) is 0. The number of nitrogens with zero attached hydrogens (tertiary/aromatic N) is 2. The molecule has 9 rings (SSSR count). The van der Waals surface area contributed by atoms with E-state index >= 15 is 0 Å². The summed E-state index contributed by atoms with van der Waals surface area (Å²) in [5.41, 5.74) is 10.6. The van der Waals surface area contributed by atoms with E-state index in [9.17, 15) is 0 Å². The Bertz CT molecular complexity index is 2500. The summed E-state index contributed by atoms with van der Waals surface area (Å²) in [6.45, 7) is 0. The van der Waals surface area contributed by atoms with Crippen molar-refractivity contribution in [2.24, 2.45) is 0 Å². The van der Waals surface area contributed by atoms with Gasteiger partial charge in [0.1, 0.15) is 0 Å². The lowest BCUT2D eigenvalue weighted by atomic mass is 10.1. The molecule has 2 nitrogen and oxygen atoms in total. The number of fused-ring (bicyclic) bond motifs is 3. The van der Waals surface area contributed by atoms with Crippen LogP contribution in [0.25, 0.3) is 33.6 Å². The molecule has 0 saturated heterocycles. The first kappa shape index (κ1) is 32.2. The fourth-order valence-electron chi connectivity index (χ4n) is 7.84. The molecule has 1 aromatic heterocycles. The average Bonchev–Trinajstić information content (AvgIpc) is 3.57. The van der Waals surface area contributed by atoms with E-state index in [0.717, 1.165) is 22.7 Å². The van der Waals surface area contributed by atoms with Crippen LogP contribution in [0.15, 0.2) is 224 Å². The molecule has 0 bridgehead atoms. The van der Waals surface area contributed by atoms with Crippen LogP contribution in [0.4, 0.5) is 17.1 Å². The van der Waals surface area contributed by atoms with Crippen molar-refractivity contribution in [1.29, 1.82) is 0 Å². The van der Waals surface area contributed by atoms with E-state index < -0.39 is 8.07 Å². The smallest absolute Gasteiger partial charge is 0.172 e. The van der Waals surface area contributed by atoms with Gasteiger partial charge in [-0.2, -0.15) is 0 Å². The minimum absolute atomic E-state index is 1.11. The van der Waals surface area contributed by atoms with Crippen molar-refractivity contribution in [3.63, 3.8) is 0 Å². The Morgan fingerprint density at radius 2 is 0.811 bits per heavy atom. The predicted molar refractivity (Wildman–Crippen MR) is 228 cm³/mol. The first-order chi connectivity index (χ1) is 26.3. The van der Waals surface area contributed by atoms with Gasteiger partial charge in [0.15, 0.2) is 8.07 Å². The molecule has 8 aromatic carbocycles. The molecule has 3 heteroatoms. The number of rotatable bonds is 9. The lowest BCUT2D eigenvalue weighted by Gasteiger charge is -2.30. The number of hydrogen-bond acceptors (Lipinski definition) is 1. The molecule has 0 amide bonds. The van der Waals surface area contributed by atoms with Gasteiger partial charge in [-0.25, -0.2) is 0 Å². The van der Waals surface area contributed by atoms with Gasteiger partial charge >= 0.3 is 0 Å². The SMILES string of the molecule is C(=C[Si](c1ccccc1)(c1ccccc1)c1ccccc1)c1ccc2c(c1)c1ccccc1n2-c1ccc(N(c2ccccc2)c2ccccc2)cc1. The normalized spacial score (nSPS) is 11.7. The first-order valence-corrected chi connectivity index (χ1v) is 20.3. The van der Waals surface area contributed by atoms with E-state index in [1.165, 1.54) is 42.9 Å². The highest BCUT2D eigenvalue weighted by Crippen LogP contribution is 2.37. The van der Waals surface area contributed by atoms with Crippen molar-refractivity contribution >= 4 is 68.6 Å². The maximum absolute atomic E-state index is 2.53. The average molecular weight is 695 g/mol. The first-order valence-electron chi connectivity index (χ1n) is 18.2. The van der Waals surface area contributed by atoms with Gasteiger partial charge in [-0.05, 0) is 87.9 Å². The van der Waals surface area contributed by atoms with E-state index in [-0.39, 0.29) is 0 Å². The molecule has 9 aromatic rings. The Kier molecular flexibility index (Phi) is 8.61.